The molecule has 1 aliphatic heterocycles. The number of carbonyl (C=O) groups excluding carboxylic acids is 1. The van der Waals surface area contributed by atoms with Gasteiger partial charge in [-0.3, -0.25) is 4.90 Å². The van der Waals surface area contributed by atoms with Gasteiger partial charge in [-0.15, -0.1) is 0 Å². The van der Waals surface area contributed by atoms with E-state index in [4.69, 9.17) is 5.26 Å². The number of anilines is 1. The molecule has 0 bridgehead atoms. The van der Waals surface area contributed by atoms with Gasteiger partial charge in [0.1, 0.15) is 11.9 Å². The Labute approximate surface area is 152 Å². The Morgan fingerprint density at radius 2 is 1.92 bits per heavy atom. The zero-order valence-electron chi connectivity index (χ0n) is 14.4. The molecule has 2 aromatic carbocycles. The highest BCUT2D eigenvalue weighted by Gasteiger charge is 2.21. The molecule has 5 nitrogen and oxygen atoms in total. The third-order valence-electron chi connectivity index (χ3n) is 4.52. The fourth-order valence-electron chi connectivity index (χ4n) is 3.14. The third kappa shape index (κ3) is 4.80. The summed E-state index contributed by atoms with van der Waals surface area (Å²) in [5.74, 6) is -0.502. The second kappa shape index (κ2) is 8.45. The van der Waals surface area contributed by atoms with Gasteiger partial charge in [-0.25, -0.2) is 9.18 Å². The van der Waals surface area contributed by atoms with E-state index in [0.29, 0.717) is 5.69 Å². The Hall–Kier alpha value is -2.91. The van der Waals surface area contributed by atoms with Crippen molar-refractivity contribution < 1.29 is 9.18 Å². The number of amides is 2. The zero-order chi connectivity index (χ0) is 18.4. The highest BCUT2D eigenvalue weighted by atomic mass is 19.1. The topological polar surface area (TPSA) is 68.2 Å². The van der Waals surface area contributed by atoms with Crippen molar-refractivity contribution in [1.82, 2.24) is 10.2 Å². The molecule has 2 aromatic rings. The molecule has 0 aromatic heterocycles. The molecule has 1 aliphatic rings. The van der Waals surface area contributed by atoms with Crippen LogP contribution in [-0.4, -0.2) is 30.1 Å². The highest BCUT2D eigenvalue weighted by molar-refractivity contribution is 5.90. The van der Waals surface area contributed by atoms with Gasteiger partial charge in [-0.1, -0.05) is 30.3 Å². The number of piperidine rings is 1. The fraction of sp³-hybridized carbons (Fsp3) is 0.300. The van der Waals surface area contributed by atoms with Gasteiger partial charge in [0.05, 0.1) is 11.3 Å². The summed E-state index contributed by atoms with van der Waals surface area (Å²) in [4.78, 5) is 14.5. The van der Waals surface area contributed by atoms with E-state index in [9.17, 15) is 9.18 Å². The van der Waals surface area contributed by atoms with Crippen molar-refractivity contribution >= 4 is 11.7 Å². The van der Waals surface area contributed by atoms with Crippen LogP contribution in [0.4, 0.5) is 14.9 Å². The van der Waals surface area contributed by atoms with Crippen LogP contribution in [0.25, 0.3) is 0 Å². The van der Waals surface area contributed by atoms with Crippen molar-refractivity contribution in [3.05, 3.63) is 65.5 Å². The second-order valence-electron chi connectivity index (χ2n) is 6.44. The molecule has 6 heteroatoms. The van der Waals surface area contributed by atoms with E-state index in [-0.39, 0.29) is 17.6 Å². The SMILES string of the molecule is N#Cc1cc(F)ccc1NC(=O)NC1CCN(Cc2ccccc2)CC1. The first-order chi connectivity index (χ1) is 12.6. The lowest BCUT2D eigenvalue weighted by Gasteiger charge is -2.32. The molecule has 0 radical (unpaired) electrons. The first-order valence-electron chi connectivity index (χ1n) is 8.67. The average Bonchev–Trinajstić information content (AvgIpc) is 2.65. The minimum Gasteiger partial charge on any atom is -0.335 e. The Bertz CT molecular complexity index is 795. The van der Waals surface area contributed by atoms with E-state index in [1.54, 1.807) is 0 Å². The maximum absolute atomic E-state index is 13.2. The summed E-state index contributed by atoms with van der Waals surface area (Å²) in [5.41, 5.74) is 1.71. The van der Waals surface area contributed by atoms with E-state index in [0.717, 1.165) is 38.5 Å². The standard InChI is InChI=1S/C20H21FN4O/c21-17-6-7-19(16(12-17)13-22)24-20(26)23-18-8-10-25(11-9-18)14-15-4-2-1-3-5-15/h1-7,12,18H,8-11,14H2,(H2,23,24,26). The first kappa shape index (κ1) is 17.9. The van der Waals surface area contributed by atoms with Crippen LogP contribution < -0.4 is 10.6 Å². The van der Waals surface area contributed by atoms with E-state index in [2.05, 4.69) is 27.7 Å². The van der Waals surface area contributed by atoms with Crippen LogP contribution >= 0.6 is 0 Å². The molecule has 2 N–H and O–H groups in total. The predicted octanol–water partition coefficient (Wildman–Crippen LogP) is 3.48. The van der Waals surface area contributed by atoms with Gasteiger partial charge in [0, 0.05) is 25.7 Å². The summed E-state index contributed by atoms with van der Waals surface area (Å²) in [7, 11) is 0. The molecule has 0 unspecified atom stereocenters. The Balaban J connectivity index is 1.47. The van der Waals surface area contributed by atoms with Crippen molar-refractivity contribution in [3.8, 4) is 6.07 Å². The zero-order valence-corrected chi connectivity index (χ0v) is 14.4. The van der Waals surface area contributed by atoms with Crippen LogP contribution in [0.15, 0.2) is 48.5 Å². The quantitative estimate of drug-likeness (QED) is 0.885. The van der Waals surface area contributed by atoms with Crippen molar-refractivity contribution in [3.63, 3.8) is 0 Å². The minimum atomic E-state index is -0.502. The van der Waals surface area contributed by atoms with Gasteiger partial charge in [0.15, 0.2) is 0 Å². The van der Waals surface area contributed by atoms with Gasteiger partial charge in [0.25, 0.3) is 0 Å². The Kier molecular flexibility index (Phi) is 5.82. The number of hydrogen-bond acceptors (Lipinski definition) is 3. The fourth-order valence-corrected chi connectivity index (χ4v) is 3.14. The van der Waals surface area contributed by atoms with Gasteiger partial charge >= 0.3 is 6.03 Å². The van der Waals surface area contributed by atoms with Crippen LogP contribution in [0.1, 0.15) is 24.0 Å². The lowest BCUT2D eigenvalue weighted by molar-refractivity contribution is 0.190. The molecule has 2 amide bonds. The number of carbonyl (C=O) groups is 1. The molecular formula is C20H21FN4O. The molecule has 1 saturated heterocycles. The summed E-state index contributed by atoms with van der Waals surface area (Å²) in [6.07, 6.45) is 1.74. The van der Waals surface area contributed by atoms with Gasteiger partial charge < -0.3 is 10.6 Å². The molecule has 0 aliphatic carbocycles. The molecule has 134 valence electrons. The normalized spacial score (nSPS) is 15.2. The molecular weight excluding hydrogens is 331 g/mol. The van der Waals surface area contributed by atoms with Crippen molar-refractivity contribution in [2.75, 3.05) is 18.4 Å². The summed E-state index contributed by atoms with van der Waals surface area (Å²) >= 11 is 0. The summed E-state index contributed by atoms with van der Waals surface area (Å²) < 4.78 is 13.2. The lowest BCUT2D eigenvalue weighted by Crippen LogP contribution is -2.45. The maximum Gasteiger partial charge on any atom is 0.319 e. The minimum absolute atomic E-state index is 0.0907. The molecule has 0 saturated carbocycles. The predicted molar refractivity (Wildman–Crippen MR) is 98.0 cm³/mol. The Morgan fingerprint density at radius 3 is 2.62 bits per heavy atom. The summed E-state index contributed by atoms with van der Waals surface area (Å²) in [5, 5.41) is 14.6. The van der Waals surface area contributed by atoms with E-state index in [1.165, 1.54) is 17.7 Å². The number of benzene rings is 2. The molecule has 0 spiro atoms. The van der Waals surface area contributed by atoms with E-state index in [1.807, 2.05) is 24.3 Å². The van der Waals surface area contributed by atoms with Crippen LogP contribution in [0.3, 0.4) is 0 Å². The number of nitrogens with one attached hydrogen (secondary N) is 2. The van der Waals surface area contributed by atoms with Gasteiger partial charge in [0.2, 0.25) is 0 Å². The molecule has 1 heterocycles. The second-order valence-corrected chi connectivity index (χ2v) is 6.44. The number of halogens is 1. The van der Waals surface area contributed by atoms with Crippen LogP contribution in [0, 0.1) is 17.1 Å². The first-order valence-corrected chi connectivity index (χ1v) is 8.67. The molecule has 1 fully saturated rings. The number of nitriles is 1. The third-order valence-corrected chi connectivity index (χ3v) is 4.52. The molecule has 3 rings (SSSR count). The van der Waals surface area contributed by atoms with Crippen molar-refractivity contribution in [2.24, 2.45) is 0 Å². The van der Waals surface area contributed by atoms with Gasteiger partial charge in [-0.05, 0) is 36.6 Å². The monoisotopic (exact) mass is 352 g/mol. The van der Waals surface area contributed by atoms with Crippen molar-refractivity contribution in [2.45, 2.75) is 25.4 Å². The lowest BCUT2D eigenvalue weighted by atomic mass is 10.0. The number of rotatable bonds is 4. The molecule has 0 atom stereocenters. The van der Waals surface area contributed by atoms with E-state index < -0.39 is 5.82 Å². The van der Waals surface area contributed by atoms with E-state index >= 15 is 0 Å². The van der Waals surface area contributed by atoms with Gasteiger partial charge in [-0.2, -0.15) is 5.26 Å². The number of hydrogen-bond donors (Lipinski definition) is 2. The van der Waals surface area contributed by atoms with Crippen LogP contribution in [0.5, 0.6) is 0 Å². The smallest absolute Gasteiger partial charge is 0.319 e. The van der Waals surface area contributed by atoms with Crippen LogP contribution in [-0.2, 0) is 6.54 Å². The van der Waals surface area contributed by atoms with Crippen LogP contribution in [0.2, 0.25) is 0 Å². The highest BCUT2D eigenvalue weighted by Crippen LogP contribution is 2.17. The molecule has 26 heavy (non-hydrogen) atoms. The number of nitrogens with zero attached hydrogens (tertiary/aromatic N) is 2. The number of urea groups is 1. The Morgan fingerprint density at radius 1 is 1.19 bits per heavy atom. The maximum atomic E-state index is 13.2. The summed E-state index contributed by atoms with van der Waals surface area (Å²) in [6, 6.07) is 15.7. The number of likely N-dealkylation sites (tertiary alicyclic amines) is 1. The largest absolute Gasteiger partial charge is 0.335 e. The summed E-state index contributed by atoms with van der Waals surface area (Å²) in [6.45, 7) is 2.75. The average molecular weight is 352 g/mol. The van der Waals surface area contributed by atoms with Crippen molar-refractivity contribution in [1.29, 1.82) is 5.26 Å².